The average Bonchev–Trinajstić information content (AvgIpc) is 2.50. The third-order valence-electron chi connectivity index (χ3n) is 3.16. The van der Waals surface area contributed by atoms with E-state index in [1.54, 1.807) is 0 Å². The first-order chi connectivity index (χ1) is 10.8. The highest BCUT2D eigenvalue weighted by Gasteiger charge is 2.22. The van der Waals surface area contributed by atoms with Gasteiger partial charge >= 0.3 is 5.97 Å². The van der Waals surface area contributed by atoms with E-state index in [-0.39, 0.29) is 16.1 Å². The van der Waals surface area contributed by atoms with Crippen LogP contribution in [0.5, 0.6) is 5.75 Å². The lowest BCUT2D eigenvalue weighted by Crippen LogP contribution is -2.17. The van der Waals surface area contributed by atoms with Gasteiger partial charge in [-0.25, -0.2) is 17.6 Å². The van der Waals surface area contributed by atoms with Crippen molar-refractivity contribution in [2.75, 3.05) is 11.8 Å². The Morgan fingerprint density at radius 1 is 1.17 bits per heavy atom. The lowest BCUT2D eigenvalue weighted by molar-refractivity contribution is 0.0693. The Morgan fingerprint density at radius 3 is 2.30 bits per heavy atom. The molecule has 0 bridgehead atoms. The molecule has 122 valence electrons. The molecule has 2 rings (SSSR count). The summed E-state index contributed by atoms with van der Waals surface area (Å²) in [6.45, 7) is 1.39. The van der Waals surface area contributed by atoms with Crippen LogP contribution in [0, 0.1) is 12.7 Å². The summed E-state index contributed by atoms with van der Waals surface area (Å²) in [6, 6.07) is 8.00. The standard InChI is InChI=1S/C15H14FNO5S/c1-9-3-8-12(13(14(9)16)15(18)19)17-23(20,21)11-6-4-10(22-2)5-7-11/h3-8,17H,1-2H3,(H,18,19). The summed E-state index contributed by atoms with van der Waals surface area (Å²) in [5.41, 5.74) is -0.951. The van der Waals surface area contributed by atoms with Gasteiger partial charge in [0, 0.05) is 0 Å². The van der Waals surface area contributed by atoms with Gasteiger partial charge < -0.3 is 9.84 Å². The zero-order valence-electron chi connectivity index (χ0n) is 12.3. The summed E-state index contributed by atoms with van der Waals surface area (Å²) in [4.78, 5) is 11.1. The maximum absolute atomic E-state index is 14.0. The van der Waals surface area contributed by atoms with Crippen molar-refractivity contribution < 1.29 is 27.4 Å². The van der Waals surface area contributed by atoms with Gasteiger partial charge in [0.25, 0.3) is 10.0 Å². The van der Waals surface area contributed by atoms with Crippen LogP contribution in [0.25, 0.3) is 0 Å². The molecule has 0 fully saturated rings. The molecule has 0 aromatic heterocycles. The minimum atomic E-state index is -4.06. The highest BCUT2D eigenvalue weighted by molar-refractivity contribution is 7.92. The molecular weight excluding hydrogens is 325 g/mol. The highest BCUT2D eigenvalue weighted by atomic mass is 32.2. The number of aryl methyl sites for hydroxylation is 1. The van der Waals surface area contributed by atoms with Gasteiger partial charge in [0.15, 0.2) is 0 Å². The number of carboxylic acids is 1. The van der Waals surface area contributed by atoms with Gasteiger partial charge in [-0.3, -0.25) is 4.72 Å². The van der Waals surface area contributed by atoms with Crippen LogP contribution in [0.4, 0.5) is 10.1 Å². The van der Waals surface area contributed by atoms with Gasteiger partial charge in [-0.1, -0.05) is 6.07 Å². The molecular formula is C15H14FNO5S. The molecule has 0 aliphatic carbocycles. The highest BCUT2D eigenvalue weighted by Crippen LogP contribution is 2.25. The van der Waals surface area contributed by atoms with Crippen molar-refractivity contribution in [3.63, 3.8) is 0 Å². The van der Waals surface area contributed by atoms with Crippen molar-refractivity contribution in [2.45, 2.75) is 11.8 Å². The number of rotatable bonds is 5. The van der Waals surface area contributed by atoms with Gasteiger partial charge in [0.1, 0.15) is 17.1 Å². The molecule has 0 radical (unpaired) electrons. The van der Waals surface area contributed by atoms with E-state index in [1.807, 2.05) is 0 Å². The molecule has 0 amide bonds. The molecule has 0 atom stereocenters. The van der Waals surface area contributed by atoms with Gasteiger partial charge in [-0.15, -0.1) is 0 Å². The molecule has 0 heterocycles. The van der Waals surface area contributed by atoms with Crippen molar-refractivity contribution in [1.82, 2.24) is 0 Å². The Hall–Kier alpha value is -2.61. The number of ether oxygens (including phenoxy) is 1. The van der Waals surface area contributed by atoms with Gasteiger partial charge in [-0.2, -0.15) is 0 Å². The summed E-state index contributed by atoms with van der Waals surface area (Å²) in [7, 11) is -2.62. The lowest BCUT2D eigenvalue weighted by atomic mass is 10.1. The van der Waals surface area contributed by atoms with E-state index in [2.05, 4.69) is 4.72 Å². The Balaban J connectivity index is 2.44. The molecule has 0 aliphatic heterocycles. The second-order valence-electron chi connectivity index (χ2n) is 4.71. The number of carboxylic acid groups (broad SMARTS) is 1. The fourth-order valence-corrected chi connectivity index (χ4v) is 3.00. The quantitative estimate of drug-likeness (QED) is 0.873. The molecule has 0 aliphatic rings. The van der Waals surface area contributed by atoms with Crippen LogP contribution in [-0.4, -0.2) is 26.6 Å². The van der Waals surface area contributed by atoms with Crippen molar-refractivity contribution in [1.29, 1.82) is 0 Å². The summed E-state index contributed by atoms with van der Waals surface area (Å²) in [5.74, 6) is -2.07. The number of hydrogen-bond acceptors (Lipinski definition) is 4. The van der Waals surface area contributed by atoms with Crippen LogP contribution >= 0.6 is 0 Å². The molecule has 0 unspecified atom stereocenters. The number of sulfonamides is 1. The van der Waals surface area contributed by atoms with Crippen LogP contribution in [0.1, 0.15) is 15.9 Å². The number of methoxy groups -OCH3 is 1. The number of halogens is 1. The van der Waals surface area contributed by atoms with E-state index in [1.165, 1.54) is 50.4 Å². The lowest BCUT2D eigenvalue weighted by Gasteiger charge is -2.12. The zero-order chi connectivity index (χ0) is 17.2. The molecule has 23 heavy (non-hydrogen) atoms. The molecule has 0 spiro atoms. The van der Waals surface area contributed by atoms with E-state index in [4.69, 9.17) is 9.84 Å². The van der Waals surface area contributed by atoms with Crippen molar-refractivity contribution >= 4 is 21.7 Å². The third kappa shape index (κ3) is 3.42. The normalized spacial score (nSPS) is 11.1. The molecule has 2 aromatic rings. The molecule has 8 heteroatoms. The Kier molecular flexibility index (Phi) is 4.55. The van der Waals surface area contributed by atoms with Gasteiger partial charge in [0.05, 0.1) is 17.7 Å². The average molecular weight is 339 g/mol. The Labute approximate surface area is 132 Å². The van der Waals surface area contributed by atoms with Crippen molar-refractivity contribution in [3.8, 4) is 5.75 Å². The maximum atomic E-state index is 14.0. The van der Waals surface area contributed by atoms with Gasteiger partial charge in [-0.05, 0) is 42.8 Å². The van der Waals surface area contributed by atoms with Crippen LogP contribution in [-0.2, 0) is 10.0 Å². The topological polar surface area (TPSA) is 92.7 Å². The van der Waals surface area contributed by atoms with E-state index in [0.717, 1.165) is 0 Å². The first-order valence-corrected chi connectivity index (χ1v) is 7.94. The van der Waals surface area contributed by atoms with E-state index >= 15 is 0 Å². The fraction of sp³-hybridized carbons (Fsp3) is 0.133. The van der Waals surface area contributed by atoms with E-state index in [0.29, 0.717) is 5.75 Å². The number of aromatic carboxylic acids is 1. The monoisotopic (exact) mass is 339 g/mol. The number of nitrogens with one attached hydrogen (secondary N) is 1. The fourth-order valence-electron chi connectivity index (χ4n) is 1.93. The SMILES string of the molecule is COc1ccc(S(=O)(=O)Nc2ccc(C)c(F)c2C(=O)O)cc1. The Bertz CT molecular complexity index is 847. The third-order valence-corrected chi connectivity index (χ3v) is 4.54. The van der Waals surface area contributed by atoms with Crippen molar-refractivity contribution in [3.05, 3.63) is 53.3 Å². The first-order valence-electron chi connectivity index (χ1n) is 6.45. The van der Waals surface area contributed by atoms with Crippen LogP contribution in [0.2, 0.25) is 0 Å². The molecule has 2 aromatic carbocycles. The van der Waals surface area contributed by atoms with E-state index < -0.39 is 27.4 Å². The van der Waals surface area contributed by atoms with Crippen LogP contribution < -0.4 is 9.46 Å². The van der Waals surface area contributed by atoms with E-state index in [9.17, 15) is 17.6 Å². The first kappa shape index (κ1) is 16.8. The largest absolute Gasteiger partial charge is 0.497 e. The van der Waals surface area contributed by atoms with Crippen molar-refractivity contribution in [2.24, 2.45) is 0 Å². The number of anilines is 1. The minimum absolute atomic E-state index is 0.101. The van der Waals surface area contributed by atoms with Crippen LogP contribution in [0.15, 0.2) is 41.3 Å². The summed E-state index contributed by atoms with van der Waals surface area (Å²) in [5, 5.41) is 9.12. The number of hydrogen-bond donors (Lipinski definition) is 2. The minimum Gasteiger partial charge on any atom is -0.497 e. The second kappa shape index (κ2) is 6.25. The number of benzene rings is 2. The smallest absolute Gasteiger partial charge is 0.340 e. The van der Waals surface area contributed by atoms with Gasteiger partial charge in [0.2, 0.25) is 0 Å². The molecule has 0 saturated heterocycles. The maximum Gasteiger partial charge on any atom is 0.340 e. The summed E-state index contributed by atoms with van der Waals surface area (Å²) in [6.07, 6.45) is 0. The predicted molar refractivity (Wildman–Crippen MR) is 81.9 cm³/mol. The summed E-state index contributed by atoms with van der Waals surface area (Å²) < 4.78 is 45.6. The summed E-state index contributed by atoms with van der Waals surface area (Å²) >= 11 is 0. The zero-order valence-corrected chi connectivity index (χ0v) is 13.1. The Morgan fingerprint density at radius 2 is 1.78 bits per heavy atom. The second-order valence-corrected chi connectivity index (χ2v) is 6.39. The molecule has 0 saturated carbocycles. The molecule has 2 N–H and O–H groups in total. The molecule has 6 nitrogen and oxygen atoms in total. The predicted octanol–water partition coefficient (Wildman–Crippen LogP) is 2.64. The number of carbonyl (C=O) groups is 1. The van der Waals surface area contributed by atoms with Crippen LogP contribution in [0.3, 0.4) is 0 Å².